The first-order valence-corrected chi connectivity index (χ1v) is 9.66. The SMILES string of the molecule is Cc1cc(N2CCC(NC(=O)NC3CN(C4CC4)CC3C)CC2)n[nH]1. The number of urea groups is 1. The van der Waals surface area contributed by atoms with Gasteiger partial charge in [-0.15, -0.1) is 0 Å². The molecule has 0 spiro atoms. The van der Waals surface area contributed by atoms with Crippen molar-refractivity contribution in [3.05, 3.63) is 11.8 Å². The summed E-state index contributed by atoms with van der Waals surface area (Å²) in [5, 5.41) is 13.7. The highest BCUT2D eigenvalue weighted by Crippen LogP contribution is 2.31. The zero-order chi connectivity index (χ0) is 17.4. The van der Waals surface area contributed by atoms with Crippen molar-refractivity contribution in [1.29, 1.82) is 0 Å². The first-order valence-electron chi connectivity index (χ1n) is 9.66. The van der Waals surface area contributed by atoms with Gasteiger partial charge in [0.2, 0.25) is 0 Å². The van der Waals surface area contributed by atoms with Crippen molar-refractivity contribution in [1.82, 2.24) is 25.7 Å². The van der Waals surface area contributed by atoms with E-state index in [1.807, 2.05) is 6.92 Å². The van der Waals surface area contributed by atoms with Crippen LogP contribution in [0, 0.1) is 12.8 Å². The van der Waals surface area contributed by atoms with Gasteiger partial charge >= 0.3 is 6.03 Å². The number of H-pyrrole nitrogens is 1. The van der Waals surface area contributed by atoms with Gasteiger partial charge in [0.1, 0.15) is 0 Å². The number of piperidine rings is 1. The molecule has 138 valence electrons. The third-order valence-electron chi connectivity index (χ3n) is 5.87. The number of nitrogens with one attached hydrogen (secondary N) is 3. The number of carbonyl (C=O) groups is 1. The summed E-state index contributed by atoms with van der Waals surface area (Å²) in [6.07, 6.45) is 4.60. The van der Waals surface area contributed by atoms with E-state index < -0.39 is 0 Å². The standard InChI is InChI=1S/C18H30N6O/c1-12-10-24(15-3-4-15)11-16(12)20-18(25)19-14-5-7-23(8-6-14)17-9-13(2)21-22-17/h9,12,14-16H,3-8,10-11H2,1-2H3,(H,21,22)(H2,19,20,25). The molecule has 3 aliphatic rings. The smallest absolute Gasteiger partial charge is 0.315 e. The molecule has 1 aliphatic carbocycles. The molecule has 0 bridgehead atoms. The molecular weight excluding hydrogens is 316 g/mol. The molecule has 1 saturated carbocycles. The minimum Gasteiger partial charge on any atom is -0.355 e. The topological polar surface area (TPSA) is 76.3 Å². The Morgan fingerprint density at radius 2 is 1.96 bits per heavy atom. The average molecular weight is 346 g/mol. The Hall–Kier alpha value is -1.76. The van der Waals surface area contributed by atoms with Gasteiger partial charge in [-0.1, -0.05) is 6.92 Å². The number of anilines is 1. The normalized spacial score (nSPS) is 28.3. The van der Waals surface area contributed by atoms with Crippen LogP contribution in [0.1, 0.15) is 38.3 Å². The molecule has 3 N–H and O–H groups in total. The van der Waals surface area contributed by atoms with Gasteiger partial charge in [-0.25, -0.2) is 4.79 Å². The summed E-state index contributed by atoms with van der Waals surface area (Å²) >= 11 is 0. The molecule has 7 nitrogen and oxygen atoms in total. The third kappa shape index (κ3) is 3.92. The Kier molecular flexibility index (Phi) is 4.58. The van der Waals surface area contributed by atoms with E-state index in [0.717, 1.165) is 56.6 Å². The maximum absolute atomic E-state index is 12.4. The molecule has 2 unspecified atom stereocenters. The Morgan fingerprint density at radius 3 is 2.60 bits per heavy atom. The summed E-state index contributed by atoms with van der Waals surface area (Å²) in [5.74, 6) is 1.55. The number of aromatic nitrogens is 2. The summed E-state index contributed by atoms with van der Waals surface area (Å²) in [6.45, 7) is 8.27. The number of hydrogen-bond donors (Lipinski definition) is 3. The van der Waals surface area contributed by atoms with Gasteiger partial charge in [0.25, 0.3) is 0 Å². The molecule has 3 fully saturated rings. The van der Waals surface area contributed by atoms with Crippen molar-refractivity contribution in [2.24, 2.45) is 5.92 Å². The van der Waals surface area contributed by atoms with E-state index in [9.17, 15) is 4.79 Å². The number of likely N-dealkylation sites (tertiary alicyclic amines) is 1. The fraction of sp³-hybridized carbons (Fsp3) is 0.778. The fourth-order valence-electron chi connectivity index (χ4n) is 4.14. The predicted octanol–water partition coefficient (Wildman–Crippen LogP) is 1.47. The molecular formula is C18H30N6O. The van der Waals surface area contributed by atoms with Crippen molar-refractivity contribution in [3.63, 3.8) is 0 Å². The van der Waals surface area contributed by atoms with Crippen LogP contribution in [0.3, 0.4) is 0 Å². The lowest BCUT2D eigenvalue weighted by Crippen LogP contribution is -2.51. The van der Waals surface area contributed by atoms with Crippen LogP contribution in [0.25, 0.3) is 0 Å². The highest BCUT2D eigenvalue weighted by molar-refractivity contribution is 5.74. The lowest BCUT2D eigenvalue weighted by atomic mass is 10.0. The van der Waals surface area contributed by atoms with E-state index in [1.54, 1.807) is 0 Å². The average Bonchev–Trinajstić information content (AvgIpc) is 3.26. The quantitative estimate of drug-likeness (QED) is 0.772. The molecule has 0 radical (unpaired) electrons. The first kappa shape index (κ1) is 16.7. The second-order valence-electron chi connectivity index (χ2n) is 8.06. The van der Waals surface area contributed by atoms with Crippen molar-refractivity contribution in [2.45, 2.75) is 57.7 Å². The van der Waals surface area contributed by atoms with Gasteiger partial charge in [-0.05, 0) is 38.5 Å². The number of nitrogens with zero attached hydrogens (tertiary/aromatic N) is 3. The predicted molar refractivity (Wildman–Crippen MR) is 97.8 cm³/mol. The number of rotatable bonds is 4. The maximum Gasteiger partial charge on any atom is 0.315 e. The monoisotopic (exact) mass is 346 g/mol. The molecule has 2 amide bonds. The summed E-state index contributed by atoms with van der Waals surface area (Å²) in [6, 6.07) is 3.41. The van der Waals surface area contributed by atoms with Gasteiger partial charge in [0.15, 0.2) is 5.82 Å². The van der Waals surface area contributed by atoms with E-state index >= 15 is 0 Å². The van der Waals surface area contributed by atoms with Crippen molar-refractivity contribution < 1.29 is 4.79 Å². The lowest BCUT2D eigenvalue weighted by molar-refractivity contribution is 0.228. The van der Waals surface area contributed by atoms with Crippen LogP contribution < -0.4 is 15.5 Å². The molecule has 3 heterocycles. The molecule has 2 aliphatic heterocycles. The van der Waals surface area contributed by atoms with Gasteiger partial charge in [0, 0.05) is 56.1 Å². The first-order chi connectivity index (χ1) is 12.1. The van der Waals surface area contributed by atoms with E-state index in [-0.39, 0.29) is 18.1 Å². The Labute approximate surface area is 149 Å². The second-order valence-corrected chi connectivity index (χ2v) is 8.06. The summed E-state index contributed by atoms with van der Waals surface area (Å²) in [7, 11) is 0. The summed E-state index contributed by atoms with van der Waals surface area (Å²) in [5.41, 5.74) is 1.08. The highest BCUT2D eigenvalue weighted by Gasteiger charge is 2.38. The van der Waals surface area contributed by atoms with Gasteiger partial charge < -0.3 is 15.5 Å². The minimum atomic E-state index is 0.00330. The molecule has 0 aromatic carbocycles. The molecule has 1 aromatic rings. The molecule has 4 rings (SSSR count). The number of carbonyl (C=O) groups excluding carboxylic acids is 1. The maximum atomic E-state index is 12.4. The van der Waals surface area contributed by atoms with Gasteiger partial charge in [-0.3, -0.25) is 10.00 Å². The fourth-order valence-corrected chi connectivity index (χ4v) is 4.14. The molecule has 25 heavy (non-hydrogen) atoms. The second kappa shape index (κ2) is 6.86. The Morgan fingerprint density at radius 1 is 1.20 bits per heavy atom. The van der Waals surface area contributed by atoms with E-state index in [2.05, 4.69) is 43.6 Å². The number of amides is 2. The van der Waals surface area contributed by atoms with E-state index in [0.29, 0.717) is 5.92 Å². The zero-order valence-electron chi connectivity index (χ0n) is 15.3. The number of aryl methyl sites for hydroxylation is 1. The molecule has 1 aromatic heterocycles. The zero-order valence-corrected chi connectivity index (χ0v) is 15.3. The lowest BCUT2D eigenvalue weighted by Gasteiger charge is -2.32. The Bertz CT molecular complexity index is 604. The minimum absolute atomic E-state index is 0.00330. The van der Waals surface area contributed by atoms with Crippen LogP contribution in [-0.2, 0) is 0 Å². The molecule has 2 atom stereocenters. The summed E-state index contributed by atoms with van der Waals surface area (Å²) in [4.78, 5) is 17.2. The van der Waals surface area contributed by atoms with Crippen LogP contribution in [-0.4, -0.2) is 65.4 Å². The molecule has 2 saturated heterocycles. The third-order valence-corrected chi connectivity index (χ3v) is 5.87. The van der Waals surface area contributed by atoms with Crippen LogP contribution in [0.15, 0.2) is 6.07 Å². The largest absolute Gasteiger partial charge is 0.355 e. The van der Waals surface area contributed by atoms with Crippen molar-refractivity contribution >= 4 is 11.8 Å². The van der Waals surface area contributed by atoms with Crippen LogP contribution in [0.2, 0.25) is 0 Å². The van der Waals surface area contributed by atoms with Crippen LogP contribution >= 0.6 is 0 Å². The Balaban J connectivity index is 1.21. The van der Waals surface area contributed by atoms with E-state index in [1.165, 1.54) is 12.8 Å². The number of hydrogen-bond acceptors (Lipinski definition) is 4. The highest BCUT2D eigenvalue weighted by atomic mass is 16.2. The summed E-state index contributed by atoms with van der Waals surface area (Å²) < 4.78 is 0. The van der Waals surface area contributed by atoms with Crippen molar-refractivity contribution in [3.8, 4) is 0 Å². The van der Waals surface area contributed by atoms with Gasteiger partial charge in [0.05, 0.1) is 0 Å². The van der Waals surface area contributed by atoms with E-state index in [4.69, 9.17) is 0 Å². The van der Waals surface area contributed by atoms with Crippen molar-refractivity contribution in [2.75, 3.05) is 31.1 Å². The van der Waals surface area contributed by atoms with Gasteiger partial charge in [-0.2, -0.15) is 5.10 Å². The number of aromatic amines is 1. The van der Waals surface area contributed by atoms with Crippen LogP contribution in [0.4, 0.5) is 10.6 Å². The van der Waals surface area contributed by atoms with Crippen LogP contribution in [0.5, 0.6) is 0 Å². The molecule has 7 heteroatoms.